The van der Waals surface area contributed by atoms with Crippen LogP contribution in [0.3, 0.4) is 0 Å². The highest BCUT2D eigenvalue weighted by Crippen LogP contribution is 2.34. The van der Waals surface area contributed by atoms with Gasteiger partial charge in [-0.05, 0) is 6.26 Å². The topological polar surface area (TPSA) is 74.7 Å². The van der Waals surface area contributed by atoms with E-state index < -0.39 is 0 Å². The van der Waals surface area contributed by atoms with Crippen molar-refractivity contribution >= 4 is 39.2 Å². The van der Waals surface area contributed by atoms with E-state index in [1.54, 1.807) is 48.8 Å². The summed E-state index contributed by atoms with van der Waals surface area (Å²) < 4.78 is 19.1. The number of thioether (sulfide) groups is 1. The molecule has 0 unspecified atom stereocenters. The molecule has 0 bridgehead atoms. The summed E-state index contributed by atoms with van der Waals surface area (Å²) in [4.78, 5) is 9.82. The van der Waals surface area contributed by atoms with Crippen LogP contribution in [0.5, 0.6) is 11.5 Å². The number of hydrogen-bond acceptors (Lipinski definition) is 8. The summed E-state index contributed by atoms with van der Waals surface area (Å²) >= 11 is 3.11. The van der Waals surface area contributed by atoms with Crippen molar-refractivity contribution in [2.75, 3.05) is 20.5 Å². The molecule has 23 heavy (non-hydrogen) atoms. The van der Waals surface area contributed by atoms with Gasteiger partial charge in [0.2, 0.25) is 10.9 Å². The van der Waals surface area contributed by atoms with Crippen molar-refractivity contribution in [1.29, 1.82) is 0 Å². The van der Waals surface area contributed by atoms with E-state index in [4.69, 9.17) is 13.9 Å². The minimum Gasteiger partial charge on any atom is -0.496 e. The normalized spacial score (nSPS) is 11.4. The van der Waals surface area contributed by atoms with Crippen LogP contribution in [0.15, 0.2) is 27.1 Å². The van der Waals surface area contributed by atoms with Gasteiger partial charge in [0.25, 0.3) is 0 Å². The zero-order valence-electron chi connectivity index (χ0n) is 12.6. The number of benzene rings is 1. The maximum atomic E-state index is 5.82. The fraction of sp³-hybridized carbons (Fsp3) is 0.214. The highest BCUT2D eigenvalue weighted by Gasteiger charge is 2.17. The van der Waals surface area contributed by atoms with Crippen LogP contribution in [0, 0.1) is 0 Å². The first kappa shape index (κ1) is 14.3. The zero-order chi connectivity index (χ0) is 16.0. The Morgan fingerprint density at radius 1 is 1.22 bits per heavy atom. The standard InChI is InChI=1S/C14H12N4O3S2/c1-19-7-4-9(20-2)11-10(5-7)21-12(16-11)8-6-18-13(15-8)23-14(17-18)22-3/h4-6H,1-3H3. The number of fused-ring (bicyclic) bond motifs is 2. The minimum absolute atomic E-state index is 0.426. The van der Waals surface area contributed by atoms with Crippen molar-refractivity contribution in [3.63, 3.8) is 0 Å². The molecule has 0 atom stereocenters. The van der Waals surface area contributed by atoms with E-state index in [0.29, 0.717) is 34.2 Å². The number of nitrogens with zero attached hydrogens (tertiary/aromatic N) is 4. The molecule has 0 radical (unpaired) electrons. The Bertz CT molecular complexity index is 973. The van der Waals surface area contributed by atoms with Crippen LogP contribution in [0.25, 0.3) is 27.6 Å². The molecule has 1 aromatic carbocycles. The Morgan fingerprint density at radius 3 is 2.78 bits per heavy atom. The summed E-state index contributed by atoms with van der Waals surface area (Å²) in [7, 11) is 3.18. The minimum atomic E-state index is 0.426. The monoisotopic (exact) mass is 348 g/mol. The molecule has 0 aliphatic heterocycles. The molecular weight excluding hydrogens is 336 g/mol. The van der Waals surface area contributed by atoms with E-state index in [-0.39, 0.29) is 0 Å². The molecule has 0 amide bonds. The van der Waals surface area contributed by atoms with Crippen LogP contribution in [0.2, 0.25) is 0 Å². The molecule has 3 aromatic heterocycles. The van der Waals surface area contributed by atoms with Crippen molar-refractivity contribution in [2.24, 2.45) is 0 Å². The van der Waals surface area contributed by atoms with Gasteiger partial charge in [-0.2, -0.15) is 0 Å². The fourth-order valence-corrected chi connectivity index (χ4v) is 3.57. The second-order valence-electron chi connectivity index (χ2n) is 4.62. The Kier molecular flexibility index (Phi) is 3.38. The third-order valence-electron chi connectivity index (χ3n) is 3.31. The van der Waals surface area contributed by atoms with Gasteiger partial charge in [-0.1, -0.05) is 23.1 Å². The first-order valence-corrected chi connectivity index (χ1v) is 8.69. The predicted octanol–water partition coefficient (Wildman–Crippen LogP) is 3.34. The fourth-order valence-electron chi connectivity index (χ4n) is 2.23. The number of aromatic nitrogens is 4. The smallest absolute Gasteiger partial charge is 0.248 e. The number of imidazole rings is 1. The lowest BCUT2D eigenvalue weighted by atomic mass is 10.3. The van der Waals surface area contributed by atoms with Crippen LogP contribution in [0.1, 0.15) is 0 Å². The molecule has 0 N–H and O–H groups in total. The molecule has 0 aliphatic carbocycles. The molecule has 4 rings (SSSR count). The summed E-state index contributed by atoms with van der Waals surface area (Å²) in [6.07, 6.45) is 3.79. The van der Waals surface area contributed by atoms with Crippen molar-refractivity contribution in [1.82, 2.24) is 19.6 Å². The lowest BCUT2D eigenvalue weighted by Crippen LogP contribution is -1.88. The molecule has 0 aliphatic rings. The molecule has 0 fully saturated rings. The van der Waals surface area contributed by atoms with Gasteiger partial charge in [0, 0.05) is 12.1 Å². The summed E-state index contributed by atoms with van der Waals surface area (Å²) in [5, 5.41) is 4.41. The van der Waals surface area contributed by atoms with E-state index in [0.717, 1.165) is 9.30 Å². The second kappa shape index (κ2) is 5.43. The molecule has 0 saturated carbocycles. The Hall–Kier alpha value is -2.26. The number of methoxy groups -OCH3 is 2. The number of ether oxygens (including phenoxy) is 2. The van der Waals surface area contributed by atoms with E-state index in [1.807, 2.05) is 6.26 Å². The zero-order valence-corrected chi connectivity index (χ0v) is 14.2. The summed E-state index contributed by atoms with van der Waals surface area (Å²) in [6, 6.07) is 3.55. The van der Waals surface area contributed by atoms with Crippen LogP contribution >= 0.6 is 23.1 Å². The van der Waals surface area contributed by atoms with E-state index in [2.05, 4.69) is 15.1 Å². The first-order valence-electron chi connectivity index (χ1n) is 6.65. The molecule has 3 heterocycles. The third kappa shape index (κ3) is 2.32. The van der Waals surface area contributed by atoms with Crippen molar-refractivity contribution < 1.29 is 13.9 Å². The Morgan fingerprint density at radius 2 is 2.09 bits per heavy atom. The number of oxazole rings is 1. The molecule has 0 spiro atoms. The van der Waals surface area contributed by atoms with Crippen molar-refractivity contribution in [3.05, 3.63) is 18.3 Å². The van der Waals surface area contributed by atoms with Gasteiger partial charge in [0.15, 0.2) is 21.2 Å². The Labute approximate surface area is 139 Å². The van der Waals surface area contributed by atoms with E-state index in [1.165, 1.54) is 11.3 Å². The lowest BCUT2D eigenvalue weighted by Gasteiger charge is -2.03. The van der Waals surface area contributed by atoms with Gasteiger partial charge in [0.1, 0.15) is 11.4 Å². The van der Waals surface area contributed by atoms with E-state index in [9.17, 15) is 0 Å². The predicted molar refractivity (Wildman–Crippen MR) is 88.8 cm³/mol. The molecule has 0 saturated heterocycles. The maximum Gasteiger partial charge on any atom is 0.248 e. The van der Waals surface area contributed by atoms with Gasteiger partial charge in [-0.25, -0.2) is 14.5 Å². The highest BCUT2D eigenvalue weighted by atomic mass is 32.2. The lowest BCUT2D eigenvalue weighted by molar-refractivity contribution is 0.397. The number of hydrogen-bond donors (Lipinski definition) is 0. The molecule has 118 valence electrons. The summed E-state index contributed by atoms with van der Waals surface area (Å²) in [5.41, 5.74) is 1.86. The quantitative estimate of drug-likeness (QED) is 0.524. The average Bonchev–Trinajstić information content (AvgIpc) is 3.24. The highest BCUT2D eigenvalue weighted by molar-refractivity contribution is 8.00. The maximum absolute atomic E-state index is 5.82. The average molecular weight is 348 g/mol. The van der Waals surface area contributed by atoms with Gasteiger partial charge < -0.3 is 13.9 Å². The van der Waals surface area contributed by atoms with Crippen molar-refractivity contribution in [3.8, 4) is 23.1 Å². The third-order valence-corrected chi connectivity index (χ3v) is 5.21. The number of rotatable bonds is 4. The van der Waals surface area contributed by atoms with Gasteiger partial charge >= 0.3 is 0 Å². The van der Waals surface area contributed by atoms with Crippen LogP contribution in [-0.2, 0) is 0 Å². The summed E-state index contributed by atoms with van der Waals surface area (Å²) in [5.74, 6) is 1.67. The summed E-state index contributed by atoms with van der Waals surface area (Å²) in [6.45, 7) is 0. The van der Waals surface area contributed by atoms with Gasteiger partial charge in [-0.3, -0.25) is 0 Å². The second-order valence-corrected chi connectivity index (χ2v) is 6.63. The van der Waals surface area contributed by atoms with Crippen LogP contribution in [0.4, 0.5) is 0 Å². The SMILES string of the molecule is COc1cc(OC)c2nc(-c3cn4nc(SC)sc4n3)oc2c1. The van der Waals surface area contributed by atoms with Gasteiger partial charge in [0.05, 0.1) is 20.4 Å². The Balaban J connectivity index is 1.84. The van der Waals surface area contributed by atoms with Crippen molar-refractivity contribution in [2.45, 2.75) is 4.34 Å². The van der Waals surface area contributed by atoms with Crippen LogP contribution in [-0.4, -0.2) is 40.1 Å². The largest absolute Gasteiger partial charge is 0.496 e. The molecular formula is C14H12N4O3S2. The molecule has 4 aromatic rings. The van der Waals surface area contributed by atoms with E-state index >= 15 is 0 Å². The molecule has 9 heteroatoms. The van der Waals surface area contributed by atoms with Crippen LogP contribution < -0.4 is 9.47 Å². The molecule has 7 nitrogen and oxygen atoms in total. The first-order chi connectivity index (χ1) is 11.2. The van der Waals surface area contributed by atoms with Gasteiger partial charge in [-0.15, -0.1) is 5.10 Å².